The van der Waals surface area contributed by atoms with Gasteiger partial charge in [0.05, 0.1) is 0 Å². The zero-order valence-electron chi connectivity index (χ0n) is 15.0. The summed E-state index contributed by atoms with van der Waals surface area (Å²) in [4.78, 5) is 27.1. The second kappa shape index (κ2) is 7.40. The Morgan fingerprint density at radius 3 is 2.52 bits per heavy atom. The number of carbonyl (C=O) groups is 2. The lowest BCUT2D eigenvalue weighted by Gasteiger charge is -2.34. The molecule has 6 heteroatoms. The molecule has 0 spiro atoms. The maximum absolute atomic E-state index is 12.9. The molecule has 2 aromatic rings. The monoisotopic (exact) mass is 365 g/mol. The van der Waals surface area contributed by atoms with Gasteiger partial charge in [-0.3, -0.25) is 9.59 Å². The van der Waals surface area contributed by atoms with Crippen molar-refractivity contribution in [2.75, 3.05) is 6.54 Å². The van der Waals surface area contributed by atoms with Crippen LogP contribution in [-0.2, 0) is 22.6 Å². The Hall–Kier alpha value is -2.86. The van der Waals surface area contributed by atoms with Gasteiger partial charge in [-0.1, -0.05) is 42.5 Å². The van der Waals surface area contributed by atoms with Crippen LogP contribution in [0, 0.1) is 0 Å². The molecule has 3 atom stereocenters. The number of amides is 2. The average molecular weight is 365 g/mol. The lowest BCUT2D eigenvalue weighted by atomic mass is 10.0. The second-order valence-corrected chi connectivity index (χ2v) is 7.24. The van der Waals surface area contributed by atoms with E-state index in [4.69, 9.17) is 0 Å². The van der Waals surface area contributed by atoms with Gasteiger partial charge in [0.15, 0.2) is 0 Å². The van der Waals surface area contributed by atoms with Crippen LogP contribution >= 0.6 is 0 Å². The van der Waals surface area contributed by atoms with Crippen LogP contribution in [0.25, 0.3) is 0 Å². The Bertz CT molecular complexity index is 822. The van der Waals surface area contributed by atoms with Crippen LogP contribution in [0.3, 0.4) is 0 Å². The van der Waals surface area contributed by atoms with Crippen LogP contribution in [0.1, 0.15) is 17.5 Å². The van der Waals surface area contributed by atoms with Gasteiger partial charge in [-0.15, -0.1) is 0 Å². The van der Waals surface area contributed by atoms with E-state index in [1.807, 2.05) is 18.2 Å². The Kier molecular flexibility index (Phi) is 4.81. The molecule has 140 valence electrons. The molecule has 0 aliphatic carbocycles. The highest BCUT2D eigenvalue weighted by Crippen LogP contribution is 2.24. The summed E-state index contributed by atoms with van der Waals surface area (Å²) in [5, 5.41) is 15.7. The molecular weight excluding hydrogens is 342 g/mol. The van der Waals surface area contributed by atoms with Crippen LogP contribution in [0.15, 0.2) is 54.6 Å². The first-order chi connectivity index (χ1) is 13.1. The minimum atomic E-state index is -0.550. The number of rotatable bonds is 5. The van der Waals surface area contributed by atoms with E-state index in [1.165, 1.54) is 5.56 Å². The summed E-state index contributed by atoms with van der Waals surface area (Å²) in [6.07, 6.45) is 1.06. The molecule has 0 bridgehead atoms. The number of hydrogen-bond donors (Lipinski definition) is 3. The minimum Gasteiger partial charge on any atom is -0.508 e. The first-order valence-corrected chi connectivity index (χ1v) is 9.26. The van der Waals surface area contributed by atoms with Crippen molar-refractivity contribution in [1.29, 1.82) is 0 Å². The number of fused-ring (bicyclic) bond motifs is 1. The lowest BCUT2D eigenvalue weighted by molar-refractivity contribution is -0.147. The summed E-state index contributed by atoms with van der Waals surface area (Å²) in [5.74, 6) is 0.0729. The number of piperazine rings is 1. The predicted molar refractivity (Wildman–Crippen MR) is 101 cm³/mol. The number of hydrogen-bond acceptors (Lipinski definition) is 4. The molecule has 2 aromatic carbocycles. The van der Waals surface area contributed by atoms with Crippen molar-refractivity contribution in [3.8, 4) is 5.75 Å². The fourth-order valence-corrected chi connectivity index (χ4v) is 3.87. The minimum absolute atomic E-state index is 0.0308. The number of aromatic hydroxyl groups is 1. The molecule has 0 aromatic heterocycles. The molecule has 27 heavy (non-hydrogen) atoms. The van der Waals surface area contributed by atoms with E-state index in [2.05, 4.69) is 22.8 Å². The molecule has 2 fully saturated rings. The number of nitrogens with one attached hydrogen (secondary N) is 2. The van der Waals surface area contributed by atoms with E-state index < -0.39 is 6.04 Å². The molecule has 4 rings (SSSR count). The van der Waals surface area contributed by atoms with Gasteiger partial charge < -0.3 is 20.6 Å². The van der Waals surface area contributed by atoms with Crippen molar-refractivity contribution in [3.05, 3.63) is 65.7 Å². The number of carbonyl (C=O) groups excluding carboxylic acids is 2. The van der Waals surface area contributed by atoms with Crippen LogP contribution < -0.4 is 10.6 Å². The Labute approximate surface area is 158 Å². The number of nitrogens with zero attached hydrogens (tertiary/aromatic N) is 1. The van der Waals surface area contributed by atoms with Crippen molar-refractivity contribution in [3.63, 3.8) is 0 Å². The summed E-state index contributed by atoms with van der Waals surface area (Å²) in [6, 6.07) is 16.0. The van der Waals surface area contributed by atoms with Gasteiger partial charge in [0.2, 0.25) is 11.8 Å². The SMILES string of the molecule is O=C1N[C@H](Cc2ccc(O)cc2)C(=O)N2C[C@@H](NCc3ccccc3)C[C@@H]12. The van der Waals surface area contributed by atoms with E-state index in [0.717, 1.165) is 12.1 Å². The third-order valence-electron chi connectivity index (χ3n) is 5.32. The van der Waals surface area contributed by atoms with Crippen molar-refractivity contribution < 1.29 is 14.7 Å². The summed E-state index contributed by atoms with van der Waals surface area (Å²) in [7, 11) is 0. The fraction of sp³-hybridized carbons (Fsp3) is 0.333. The molecule has 3 N–H and O–H groups in total. The zero-order chi connectivity index (χ0) is 18.8. The van der Waals surface area contributed by atoms with Crippen molar-refractivity contribution >= 4 is 11.8 Å². The summed E-state index contributed by atoms with van der Waals surface area (Å²) in [5.41, 5.74) is 2.09. The molecule has 6 nitrogen and oxygen atoms in total. The average Bonchev–Trinajstić information content (AvgIpc) is 3.12. The van der Waals surface area contributed by atoms with Crippen molar-refractivity contribution in [2.45, 2.75) is 37.5 Å². The van der Waals surface area contributed by atoms with Crippen molar-refractivity contribution in [1.82, 2.24) is 15.5 Å². The molecule has 2 amide bonds. The number of phenols is 1. The predicted octanol–water partition coefficient (Wildman–Crippen LogP) is 1.19. The zero-order valence-corrected chi connectivity index (χ0v) is 15.0. The van der Waals surface area contributed by atoms with E-state index in [-0.39, 0.29) is 29.6 Å². The second-order valence-electron chi connectivity index (χ2n) is 7.24. The van der Waals surface area contributed by atoms with Gasteiger partial charge in [-0.05, 0) is 29.7 Å². The quantitative estimate of drug-likeness (QED) is 0.744. The van der Waals surface area contributed by atoms with Crippen LogP contribution in [0.2, 0.25) is 0 Å². The molecule has 0 unspecified atom stereocenters. The van der Waals surface area contributed by atoms with Gasteiger partial charge in [0, 0.05) is 25.6 Å². The van der Waals surface area contributed by atoms with Gasteiger partial charge in [0.1, 0.15) is 17.8 Å². The normalized spacial score (nSPS) is 24.6. The first-order valence-electron chi connectivity index (χ1n) is 9.26. The van der Waals surface area contributed by atoms with Gasteiger partial charge in [-0.2, -0.15) is 0 Å². The van der Waals surface area contributed by atoms with Gasteiger partial charge in [-0.25, -0.2) is 0 Å². The molecule has 2 aliphatic heterocycles. The Balaban J connectivity index is 1.39. The van der Waals surface area contributed by atoms with Gasteiger partial charge >= 0.3 is 0 Å². The largest absolute Gasteiger partial charge is 0.508 e. The molecular formula is C21H23N3O3. The van der Waals surface area contributed by atoms with Crippen LogP contribution in [0.4, 0.5) is 0 Å². The third kappa shape index (κ3) is 3.80. The lowest BCUT2D eigenvalue weighted by Crippen LogP contribution is -2.61. The van der Waals surface area contributed by atoms with E-state index >= 15 is 0 Å². The molecule has 0 saturated carbocycles. The highest BCUT2D eigenvalue weighted by atomic mass is 16.3. The first kappa shape index (κ1) is 17.5. The molecule has 2 saturated heterocycles. The summed E-state index contributed by atoms with van der Waals surface area (Å²) < 4.78 is 0. The number of phenolic OH excluding ortho intramolecular Hbond substituents is 1. The third-order valence-corrected chi connectivity index (χ3v) is 5.32. The van der Waals surface area contributed by atoms with Crippen LogP contribution in [0.5, 0.6) is 5.75 Å². The summed E-state index contributed by atoms with van der Waals surface area (Å²) >= 11 is 0. The smallest absolute Gasteiger partial charge is 0.246 e. The Morgan fingerprint density at radius 1 is 1.04 bits per heavy atom. The van der Waals surface area contributed by atoms with E-state index in [0.29, 0.717) is 19.4 Å². The topological polar surface area (TPSA) is 81.7 Å². The molecule has 2 aliphatic rings. The molecule has 2 heterocycles. The number of benzene rings is 2. The highest BCUT2D eigenvalue weighted by Gasteiger charge is 2.46. The molecule has 0 radical (unpaired) electrons. The van der Waals surface area contributed by atoms with Crippen molar-refractivity contribution in [2.24, 2.45) is 0 Å². The van der Waals surface area contributed by atoms with Gasteiger partial charge in [0.25, 0.3) is 0 Å². The van der Waals surface area contributed by atoms with E-state index in [9.17, 15) is 14.7 Å². The Morgan fingerprint density at radius 2 is 1.78 bits per heavy atom. The van der Waals surface area contributed by atoms with E-state index in [1.54, 1.807) is 29.2 Å². The standard InChI is InChI=1S/C21H23N3O3/c25-17-8-6-14(7-9-17)10-18-21(27)24-13-16(11-19(24)20(26)23-18)22-12-15-4-2-1-3-5-15/h1-9,16,18-19,22,25H,10-13H2,(H,23,26)/t16-,18+,19-/m0/s1. The highest BCUT2D eigenvalue weighted by molar-refractivity contribution is 5.97. The fourth-order valence-electron chi connectivity index (χ4n) is 3.87. The van der Waals surface area contributed by atoms with Crippen LogP contribution in [-0.4, -0.2) is 46.5 Å². The summed E-state index contributed by atoms with van der Waals surface area (Å²) in [6.45, 7) is 1.27. The maximum Gasteiger partial charge on any atom is 0.246 e. The maximum atomic E-state index is 12.9.